The summed E-state index contributed by atoms with van der Waals surface area (Å²) in [7, 11) is 3.70. The molecule has 0 saturated heterocycles. The standard InChI is InChI=1S/C13H17F3N6/c1-17-7-8-21(2)12-18-19-20-22(12)9-10-3-5-11(6-4-10)13(14,15)16/h3-6,17H,7-9H2,1-2H3. The summed E-state index contributed by atoms with van der Waals surface area (Å²) in [6, 6.07) is 4.98. The summed E-state index contributed by atoms with van der Waals surface area (Å²) < 4.78 is 39.2. The van der Waals surface area contributed by atoms with Gasteiger partial charge in [0.05, 0.1) is 12.1 Å². The molecule has 22 heavy (non-hydrogen) atoms. The number of benzene rings is 1. The fraction of sp³-hybridized carbons (Fsp3) is 0.462. The third-order valence-corrected chi connectivity index (χ3v) is 3.17. The van der Waals surface area contributed by atoms with Crippen LogP contribution in [0.15, 0.2) is 24.3 Å². The maximum Gasteiger partial charge on any atom is 0.416 e. The summed E-state index contributed by atoms with van der Waals surface area (Å²) in [5, 5.41) is 14.5. The van der Waals surface area contributed by atoms with Crippen LogP contribution in [0.3, 0.4) is 0 Å². The Kier molecular flexibility index (Phi) is 4.96. The number of anilines is 1. The molecule has 0 atom stereocenters. The minimum atomic E-state index is -4.33. The van der Waals surface area contributed by atoms with Crippen molar-refractivity contribution in [2.75, 3.05) is 32.1 Å². The first-order valence-electron chi connectivity index (χ1n) is 6.70. The minimum Gasteiger partial charge on any atom is -0.341 e. The Morgan fingerprint density at radius 3 is 2.50 bits per heavy atom. The molecule has 0 saturated carbocycles. The normalized spacial score (nSPS) is 11.7. The molecule has 120 valence electrons. The molecule has 9 heteroatoms. The van der Waals surface area contributed by atoms with Gasteiger partial charge in [-0.2, -0.15) is 13.2 Å². The van der Waals surface area contributed by atoms with E-state index in [-0.39, 0.29) is 0 Å². The Morgan fingerprint density at radius 1 is 1.23 bits per heavy atom. The zero-order valence-corrected chi connectivity index (χ0v) is 12.3. The van der Waals surface area contributed by atoms with E-state index in [0.29, 0.717) is 24.6 Å². The van der Waals surface area contributed by atoms with Crippen LogP contribution < -0.4 is 10.2 Å². The monoisotopic (exact) mass is 314 g/mol. The molecule has 2 aromatic rings. The molecule has 1 N–H and O–H groups in total. The minimum absolute atomic E-state index is 0.310. The van der Waals surface area contributed by atoms with Crippen molar-refractivity contribution >= 4 is 5.95 Å². The molecule has 0 aliphatic heterocycles. The first-order valence-corrected chi connectivity index (χ1v) is 6.70. The average molecular weight is 314 g/mol. The van der Waals surface area contributed by atoms with E-state index < -0.39 is 11.7 Å². The van der Waals surface area contributed by atoms with Crippen molar-refractivity contribution < 1.29 is 13.2 Å². The second-order valence-corrected chi connectivity index (χ2v) is 4.86. The number of tetrazole rings is 1. The zero-order valence-electron chi connectivity index (χ0n) is 12.3. The third kappa shape index (κ3) is 3.94. The van der Waals surface area contributed by atoms with Gasteiger partial charge < -0.3 is 10.2 Å². The smallest absolute Gasteiger partial charge is 0.341 e. The fourth-order valence-electron chi connectivity index (χ4n) is 1.93. The predicted octanol–water partition coefficient (Wildman–Crippen LogP) is 1.40. The highest BCUT2D eigenvalue weighted by atomic mass is 19.4. The molecule has 1 heterocycles. The van der Waals surface area contributed by atoms with Gasteiger partial charge >= 0.3 is 6.18 Å². The van der Waals surface area contributed by atoms with E-state index >= 15 is 0 Å². The SMILES string of the molecule is CNCCN(C)c1nnnn1Cc1ccc(C(F)(F)F)cc1. The third-order valence-electron chi connectivity index (χ3n) is 3.17. The lowest BCUT2D eigenvalue weighted by Crippen LogP contribution is -2.29. The molecule has 0 unspecified atom stereocenters. The highest BCUT2D eigenvalue weighted by molar-refractivity contribution is 5.29. The number of rotatable bonds is 6. The van der Waals surface area contributed by atoms with Gasteiger partial charge in [0, 0.05) is 20.1 Å². The van der Waals surface area contributed by atoms with Crippen molar-refractivity contribution in [1.29, 1.82) is 0 Å². The molecule has 2 rings (SSSR count). The van der Waals surface area contributed by atoms with Crippen LogP contribution >= 0.6 is 0 Å². The topological polar surface area (TPSA) is 58.9 Å². The maximum absolute atomic E-state index is 12.5. The largest absolute Gasteiger partial charge is 0.416 e. The highest BCUT2D eigenvalue weighted by Gasteiger charge is 2.29. The number of likely N-dealkylation sites (N-methyl/N-ethyl adjacent to an activating group) is 2. The number of nitrogens with one attached hydrogen (secondary N) is 1. The van der Waals surface area contributed by atoms with Gasteiger partial charge in [-0.1, -0.05) is 17.2 Å². The number of aromatic nitrogens is 4. The highest BCUT2D eigenvalue weighted by Crippen LogP contribution is 2.29. The van der Waals surface area contributed by atoms with E-state index in [2.05, 4.69) is 20.8 Å². The van der Waals surface area contributed by atoms with E-state index in [1.165, 1.54) is 12.1 Å². The summed E-state index contributed by atoms with van der Waals surface area (Å²) in [6.07, 6.45) is -4.33. The summed E-state index contributed by atoms with van der Waals surface area (Å²) in [6.45, 7) is 1.79. The van der Waals surface area contributed by atoms with Crippen molar-refractivity contribution in [2.24, 2.45) is 0 Å². The van der Waals surface area contributed by atoms with Crippen LogP contribution in [0.25, 0.3) is 0 Å². The fourth-order valence-corrected chi connectivity index (χ4v) is 1.93. The lowest BCUT2D eigenvalue weighted by molar-refractivity contribution is -0.137. The van der Waals surface area contributed by atoms with Crippen molar-refractivity contribution in [2.45, 2.75) is 12.7 Å². The van der Waals surface area contributed by atoms with Crippen LogP contribution in [-0.4, -0.2) is 47.4 Å². The van der Waals surface area contributed by atoms with E-state index in [9.17, 15) is 13.2 Å². The van der Waals surface area contributed by atoms with Gasteiger partial charge in [0.1, 0.15) is 0 Å². The lowest BCUT2D eigenvalue weighted by Gasteiger charge is -2.17. The van der Waals surface area contributed by atoms with Crippen LogP contribution in [0.1, 0.15) is 11.1 Å². The molecule has 1 aromatic heterocycles. The second kappa shape index (κ2) is 6.73. The average Bonchev–Trinajstić information content (AvgIpc) is 2.92. The Balaban J connectivity index is 2.10. The van der Waals surface area contributed by atoms with Crippen LogP contribution in [-0.2, 0) is 12.7 Å². The van der Waals surface area contributed by atoms with Crippen LogP contribution in [0, 0.1) is 0 Å². The molecule has 0 radical (unpaired) electrons. The number of alkyl halides is 3. The maximum atomic E-state index is 12.5. The quantitative estimate of drug-likeness (QED) is 0.873. The van der Waals surface area contributed by atoms with E-state index in [0.717, 1.165) is 18.7 Å². The van der Waals surface area contributed by atoms with Gasteiger partial charge in [0.25, 0.3) is 0 Å². The van der Waals surface area contributed by atoms with Crippen molar-refractivity contribution in [1.82, 2.24) is 25.5 Å². The second-order valence-electron chi connectivity index (χ2n) is 4.86. The molecule has 0 fully saturated rings. The van der Waals surface area contributed by atoms with E-state index in [4.69, 9.17) is 0 Å². The Bertz CT molecular complexity index is 593. The predicted molar refractivity (Wildman–Crippen MR) is 75.6 cm³/mol. The van der Waals surface area contributed by atoms with Gasteiger partial charge in [-0.05, 0) is 35.2 Å². The van der Waals surface area contributed by atoms with E-state index in [1.54, 1.807) is 4.68 Å². The van der Waals surface area contributed by atoms with Gasteiger partial charge in [-0.15, -0.1) is 0 Å². The van der Waals surface area contributed by atoms with Crippen molar-refractivity contribution in [3.8, 4) is 0 Å². The summed E-state index contributed by atoms with van der Waals surface area (Å²) in [5.41, 5.74) is 0.0305. The van der Waals surface area contributed by atoms with Gasteiger partial charge in [-0.25, -0.2) is 4.68 Å². The summed E-state index contributed by atoms with van der Waals surface area (Å²) in [5.74, 6) is 0.565. The van der Waals surface area contributed by atoms with Crippen LogP contribution in [0.4, 0.5) is 19.1 Å². The molecule has 0 aliphatic carbocycles. The zero-order chi connectivity index (χ0) is 16.2. The number of hydrogen-bond donors (Lipinski definition) is 1. The Morgan fingerprint density at radius 2 is 1.91 bits per heavy atom. The summed E-state index contributed by atoms with van der Waals surface area (Å²) >= 11 is 0. The number of halogens is 3. The first-order chi connectivity index (χ1) is 10.4. The number of nitrogens with zero attached hydrogens (tertiary/aromatic N) is 5. The Hall–Kier alpha value is -2.16. The number of hydrogen-bond acceptors (Lipinski definition) is 5. The van der Waals surface area contributed by atoms with Crippen LogP contribution in [0.2, 0.25) is 0 Å². The molecule has 1 aromatic carbocycles. The lowest BCUT2D eigenvalue weighted by atomic mass is 10.1. The molecular weight excluding hydrogens is 297 g/mol. The van der Waals surface area contributed by atoms with Crippen molar-refractivity contribution in [3.05, 3.63) is 35.4 Å². The Labute approximate surface area is 125 Å². The van der Waals surface area contributed by atoms with Gasteiger partial charge in [-0.3, -0.25) is 0 Å². The first kappa shape index (κ1) is 16.2. The molecule has 0 bridgehead atoms. The van der Waals surface area contributed by atoms with Crippen LogP contribution in [0.5, 0.6) is 0 Å². The summed E-state index contributed by atoms with van der Waals surface area (Å²) in [4.78, 5) is 1.88. The van der Waals surface area contributed by atoms with Crippen molar-refractivity contribution in [3.63, 3.8) is 0 Å². The molecule has 0 spiro atoms. The molecule has 0 aliphatic rings. The van der Waals surface area contributed by atoms with Gasteiger partial charge in [0.2, 0.25) is 5.95 Å². The molecular formula is C13H17F3N6. The molecule has 6 nitrogen and oxygen atoms in total. The molecule has 0 amide bonds. The van der Waals surface area contributed by atoms with E-state index in [1.807, 2.05) is 19.0 Å². The van der Waals surface area contributed by atoms with Gasteiger partial charge in [0.15, 0.2) is 0 Å².